The number of amides is 3. The van der Waals surface area contributed by atoms with Gasteiger partial charge in [-0.1, -0.05) is 36.4 Å². The van der Waals surface area contributed by atoms with Crippen molar-refractivity contribution in [2.24, 2.45) is 0 Å². The predicted molar refractivity (Wildman–Crippen MR) is 128 cm³/mol. The molecule has 0 aliphatic carbocycles. The fraction of sp³-hybridized carbons (Fsp3) is 0.200. The molecule has 1 fully saturated rings. The molecule has 9 nitrogen and oxygen atoms in total. The minimum Gasteiger partial charge on any atom is -0.335 e. The van der Waals surface area contributed by atoms with Gasteiger partial charge in [0.05, 0.1) is 6.54 Å². The molecule has 0 spiro atoms. The quantitative estimate of drug-likeness (QED) is 0.511. The Morgan fingerprint density at radius 3 is 2.35 bits per heavy atom. The third kappa shape index (κ3) is 4.40. The molecule has 5 rings (SSSR count). The van der Waals surface area contributed by atoms with E-state index in [1.165, 1.54) is 9.08 Å². The summed E-state index contributed by atoms with van der Waals surface area (Å²) in [6.45, 7) is 2.18. The average molecular weight is 457 g/mol. The van der Waals surface area contributed by atoms with Gasteiger partial charge in [-0.3, -0.25) is 9.20 Å². The van der Waals surface area contributed by atoms with Gasteiger partial charge in [-0.2, -0.15) is 0 Å². The number of urea groups is 1. The van der Waals surface area contributed by atoms with Gasteiger partial charge >= 0.3 is 11.7 Å². The fourth-order valence-electron chi connectivity index (χ4n) is 4.07. The number of piperazine rings is 1. The summed E-state index contributed by atoms with van der Waals surface area (Å²) in [6, 6.07) is 21.7. The van der Waals surface area contributed by atoms with E-state index in [0.717, 1.165) is 5.56 Å². The highest BCUT2D eigenvalue weighted by molar-refractivity contribution is 5.94. The molecule has 0 atom stereocenters. The van der Waals surface area contributed by atoms with Crippen LogP contribution in [0.5, 0.6) is 0 Å². The van der Waals surface area contributed by atoms with Crippen molar-refractivity contribution in [2.45, 2.75) is 6.54 Å². The molecule has 1 aliphatic rings. The zero-order chi connectivity index (χ0) is 23.5. The van der Waals surface area contributed by atoms with Gasteiger partial charge in [0.25, 0.3) is 5.91 Å². The number of hydrogen-bond acceptors (Lipinski definition) is 4. The van der Waals surface area contributed by atoms with Gasteiger partial charge in [-0.05, 0) is 42.0 Å². The predicted octanol–water partition coefficient (Wildman–Crippen LogP) is 2.53. The highest BCUT2D eigenvalue weighted by Gasteiger charge is 2.24. The number of fused-ring (bicyclic) bond motifs is 1. The van der Waals surface area contributed by atoms with Crippen molar-refractivity contribution < 1.29 is 9.59 Å². The summed E-state index contributed by atoms with van der Waals surface area (Å²) in [5, 5.41) is 7.28. The highest BCUT2D eigenvalue weighted by Crippen LogP contribution is 2.14. The minimum atomic E-state index is -0.215. The van der Waals surface area contributed by atoms with Gasteiger partial charge in [0.2, 0.25) is 0 Å². The van der Waals surface area contributed by atoms with Gasteiger partial charge in [-0.15, -0.1) is 5.10 Å². The molecule has 1 aliphatic heterocycles. The summed E-state index contributed by atoms with van der Waals surface area (Å²) in [5.74, 6) is -0.0180. The molecule has 3 amide bonds. The van der Waals surface area contributed by atoms with Gasteiger partial charge in [-0.25, -0.2) is 14.3 Å². The van der Waals surface area contributed by atoms with Crippen molar-refractivity contribution in [2.75, 3.05) is 31.5 Å². The van der Waals surface area contributed by atoms with E-state index in [1.54, 1.807) is 40.3 Å². The number of carbonyl (C=O) groups excluding carboxylic acids is 2. The SMILES string of the molecule is O=C(Nc1cccc(Cn2nc3ccccn3c2=O)c1)N1CCN(C(=O)c2ccccc2)CC1. The second-order valence-electron chi connectivity index (χ2n) is 8.14. The van der Waals surface area contributed by atoms with E-state index >= 15 is 0 Å². The van der Waals surface area contributed by atoms with E-state index in [1.807, 2.05) is 48.5 Å². The molecule has 9 heteroatoms. The maximum atomic E-state index is 12.8. The Morgan fingerprint density at radius 2 is 1.59 bits per heavy atom. The zero-order valence-electron chi connectivity index (χ0n) is 18.5. The lowest BCUT2D eigenvalue weighted by Gasteiger charge is -2.34. The Morgan fingerprint density at radius 1 is 0.853 bits per heavy atom. The number of pyridine rings is 1. The first-order chi connectivity index (χ1) is 16.6. The normalized spacial score (nSPS) is 13.8. The number of rotatable bonds is 4. The molecule has 0 unspecified atom stereocenters. The van der Waals surface area contributed by atoms with Crippen LogP contribution in [0.25, 0.3) is 5.65 Å². The molecule has 1 saturated heterocycles. The van der Waals surface area contributed by atoms with Crippen LogP contribution in [0.3, 0.4) is 0 Å². The summed E-state index contributed by atoms with van der Waals surface area (Å²) in [7, 11) is 0. The third-order valence-electron chi connectivity index (χ3n) is 5.87. The second-order valence-corrected chi connectivity index (χ2v) is 8.14. The van der Waals surface area contributed by atoms with Crippen LogP contribution in [-0.4, -0.2) is 62.1 Å². The first-order valence-electron chi connectivity index (χ1n) is 11.1. The lowest BCUT2D eigenvalue weighted by Crippen LogP contribution is -2.51. The molecule has 0 bridgehead atoms. The van der Waals surface area contributed by atoms with Gasteiger partial charge in [0, 0.05) is 43.6 Å². The first kappa shape index (κ1) is 21.4. The standard InChI is InChI=1S/C25H24N6O3/c32-23(20-8-2-1-3-9-20)28-13-15-29(16-14-28)24(33)26-21-10-6-7-19(17-21)18-31-25(34)30-12-5-4-11-22(30)27-31/h1-12,17H,13-16,18H2,(H,26,33). The van der Waals surface area contributed by atoms with Crippen molar-refractivity contribution in [1.82, 2.24) is 24.0 Å². The van der Waals surface area contributed by atoms with Crippen LogP contribution in [0.1, 0.15) is 15.9 Å². The first-order valence-corrected chi connectivity index (χ1v) is 11.1. The summed E-state index contributed by atoms with van der Waals surface area (Å²) < 4.78 is 2.90. The fourth-order valence-corrected chi connectivity index (χ4v) is 4.07. The summed E-state index contributed by atoms with van der Waals surface area (Å²) in [6.07, 6.45) is 1.69. The Kier molecular flexibility index (Phi) is 5.82. The van der Waals surface area contributed by atoms with Crippen LogP contribution >= 0.6 is 0 Å². The van der Waals surface area contributed by atoms with Crippen LogP contribution in [0, 0.1) is 0 Å². The number of nitrogens with one attached hydrogen (secondary N) is 1. The molecule has 34 heavy (non-hydrogen) atoms. The Hall–Kier alpha value is -4.40. The van der Waals surface area contributed by atoms with Crippen molar-refractivity contribution in [1.29, 1.82) is 0 Å². The van der Waals surface area contributed by atoms with Crippen LogP contribution < -0.4 is 11.0 Å². The molecule has 0 radical (unpaired) electrons. The molecule has 172 valence electrons. The number of aromatic nitrogens is 3. The molecule has 1 N–H and O–H groups in total. The lowest BCUT2D eigenvalue weighted by molar-refractivity contribution is 0.0671. The van der Waals surface area contributed by atoms with Crippen LogP contribution in [0.2, 0.25) is 0 Å². The smallest absolute Gasteiger partial charge is 0.335 e. The van der Waals surface area contributed by atoms with Crippen molar-refractivity contribution in [3.8, 4) is 0 Å². The number of anilines is 1. The highest BCUT2D eigenvalue weighted by atomic mass is 16.2. The van der Waals surface area contributed by atoms with Crippen LogP contribution in [0.4, 0.5) is 10.5 Å². The lowest BCUT2D eigenvalue weighted by atomic mass is 10.2. The summed E-state index contributed by atoms with van der Waals surface area (Å²) >= 11 is 0. The molecule has 3 heterocycles. The Balaban J connectivity index is 1.20. The number of hydrogen-bond donors (Lipinski definition) is 1. The number of nitrogens with zero attached hydrogens (tertiary/aromatic N) is 5. The second kappa shape index (κ2) is 9.22. The molecular formula is C25H24N6O3. The minimum absolute atomic E-state index is 0.0180. The van der Waals surface area contributed by atoms with Gasteiger partial charge < -0.3 is 15.1 Å². The Labute approximate surface area is 195 Å². The van der Waals surface area contributed by atoms with Gasteiger partial charge in [0.1, 0.15) is 0 Å². The Bertz CT molecular complexity index is 1390. The van der Waals surface area contributed by atoms with Crippen molar-refractivity contribution >= 4 is 23.3 Å². The molecule has 4 aromatic rings. The van der Waals surface area contributed by atoms with E-state index in [2.05, 4.69) is 10.4 Å². The van der Waals surface area contributed by atoms with E-state index in [0.29, 0.717) is 49.6 Å². The molecule has 2 aromatic carbocycles. The topological polar surface area (TPSA) is 91.9 Å². The van der Waals surface area contributed by atoms with E-state index in [4.69, 9.17) is 0 Å². The third-order valence-corrected chi connectivity index (χ3v) is 5.87. The largest absolute Gasteiger partial charge is 0.350 e. The number of benzene rings is 2. The monoisotopic (exact) mass is 456 g/mol. The van der Waals surface area contributed by atoms with Crippen LogP contribution in [0.15, 0.2) is 83.8 Å². The number of carbonyl (C=O) groups is 2. The summed E-state index contributed by atoms with van der Waals surface area (Å²) in [5.41, 5.74) is 2.51. The molecular weight excluding hydrogens is 432 g/mol. The van der Waals surface area contributed by atoms with Crippen molar-refractivity contribution in [3.05, 3.63) is 101 Å². The molecule has 2 aromatic heterocycles. The average Bonchev–Trinajstić information content (AvgIpc) is 3.19. The van der Waals surface area contributed by atoms with E-state index < -0.39 is 0 Å². The summed E-state index contributed by atoms with van der Waals surface area (Å²) in [4.78, 5) is 41.4. The van der Waals surface area contributed by atoms with E-state index in [9.17, 15) is 14.4 Å². The molecule has 0 saturated carbocycles. The zero-order valence-corrected chi connectivity index (χ0v) is 18.5. The van der Waals surface area contributed by atoms with Crippen LogP contribution in [-0.2, 0) is 6.54 Å². The van der Waals surface area contributed by atoms with E-state index in [-0.39, 0.29) is 17.6 Å². The van der Waals surface area contributed by atoms with Crippen molar-refractivity contribution in [3.63, 3.8) is 0 Å². The maximum Gasteiger partial charge on any atom is 0.350 e. The maximum absolute atomic E-state index is 12.8. The van der Waals surface area contributed by atoms with Gasteiger partial charge in [0.15, 0.2) is 5.65 Å².